The topological polar surface area (TPSA) is 20.3 Å². The van der Waals surface area contributed by atoms with Gasteiger partial charge in [-0.05, 0) is 42.5 Å². The Hall–Kier alpha value is -0.960. The van der Waals surface area contributed by atoms with E-state index in [4.69, 9.17) is 0 Å². The highest BCUT2D eigenvalue weighted by molar-refractivity contribution is 7.80. The average Bonchev–Trinajstić information content (AvgIpc) is 2.34. The van der Waals surface area contributed by atoms with Crippen LogP contribution in [0.5, 0.6) is 0 Å². The number of benzene rings is 1. The lowest BCUT2D eigenvalue weighted by atomic mass is 9.63. The lowest BCUT2D eigenvalue weighted by Crippen LogP contribution is -2.56. The van der Waals surface area contributed by atoms with Crippen LogP contribution < -0.4 is 0 Å². The number of likely N-dealkylation sites (tertiary alicyclic amines) is 1. The fraction of sp³-hybridized carbons (Fsp3) is 0.533. The van der Waals surface area contributed by atoms with E-state index < -0.39 is 0 Å². The number of hydrogen-bond acceptors (Lipinski definition) is 2. The van der Waals surface area contributed by atoms with Gasteiger partial charge in [0.05, 0.1) is 0 Å². The van der Waals surface area contributed by atoms with Crippen molar-refractivity contribution in [3.05, 3.63) is 29.3 Å². The molecule has 18 heavy (non-hydrogen) atoms. The molecule has 3 rings (SSSR count). The molecule has 1 fully saturated rings. The normalized spacial score (nSPS) is 30.9. The molecule has 1 heterocycles. The van der Waals surface area contributed by atoms with Crippen LogP contribution in [0.4, 0.5) is 0 Å². The number of fused-ring (bicyclic) bond motifs is 3. The van der Waals surface area contributed by atoms with Crippen LogP contribution in [0.1, 0.15) is 37.3 Å². The van der Waals surface area contributed by atoms with Gasteiger partial charge in [-0.2, -0.15) is 0 Å². The molecule has 0 aromatic heterocycles. The highest BCUT2D eigenvalue weighted by atomic mass is 32.1. The van der Waals surface area contributed by atoms with Crippen molar-refractivity contribution in [2.75, 3.05) is 7.05 Å². The van der Waals surface area contributed by atoms with Crippen LogP contribution >= 0.6 is 12.6 Å². The molecule has 3 heteroatoms. The zero-order chi connectivity index (χ0) is 12.9. The van der Waals surface area contributed by atoms with Crippen LogP contribution in [0.2, 0.25) is 0 Å². The summed E-state index contributed by atoms with van der Waals surface area (Å²) in [7, 11) is 1.96. The molecular weight excluding hydrogens is 242 g/mol. The predicted molar refractivity (Wildman–Crippen MR) is 75.2 cm³/mol. The number of carbonyl (C=O) groups is 1. The van der Waals surface area contributed by atoms with Gasteiger partial charge in [0.15, 0.2) is 0 Å². The molecule has 1 aromatic rings. The molecule has 1 saturated heterocycles. The Kier molecular flexibility index (Phi) is 2.70. The number of aryl methyl sites for hydroxylation is 1. The summed E-state index contributed by atoms with van der Waals surface area (Å²) in [6.45, 7) is 2.32. The minimum absolute atomic E-state index is 0.123. The highest BCUT2D eigenvalue weighted by Crippen LogP contribution is 2.45. The van der Waals surface area contributed by atoms with E-state index in [1.807, 2.05) is 11.9 Å². The first-order valence-corrected chi connectivity index (χ1v) is 7.05. The maximum atomic E-state index is 11.9. The zero-order valence-electron chi connectivity index (χ0n) is 10.9. The van der Waals surface area contributed by atoms with E-state index in [1.54, 1.807) is 0 Å². The van der Waals surface area contributed by atoms with Gasteiger partial charge in [0, 0.05) is 29.8 Å². The molecule has 1 amide bonds. The molecule has 0 unspecified atom stereocenters. The Labute approximate surface area is 114 Å². The first-order chi connectivity index (χ1) is 8.52. The van der Waals surface area contributed by atoms with E-state index in [9.17, 15) is 4.79 Å². The number of thiol groups is 1. The predicted octanol–water partition coefficient (Wildman–Crippen LogP) is 2.80. The van der Waals surface area contributed by atoms with E-state index in [1.165, 1.54) is 11.1 Å². The van der Waals surface area contributed by atoms with E-state index >= 15 is 0 Å². The number of rotatable bonds is 0. The molecule has 0 saturated carbocycles. The second-order valence-electron chi connectivity index (χ2n) is 5.82. The molecule has 0 N–H and O–H groups in total. The Morgan fingerprint density at radius 1 is 1.39 bits per heavy atom. The van der Waals surface area contributed by atoms with Gasteiger partial charge in [0.1, 0.15) is 0 Å². The van der Waals surface area contributed by atoms with Gasteiger partial charge in [-0.15, -0.1) is 12.6 Å². The summed E-state index contributed by atoms with van der Waals surface area (Å²) in [5, 5.41) is 0. The highest BCUT2D eigenvalue weighted by Gasteiger charge is 2.46. The quantitative estimate of drug-likeness (QED) is 0.712. The monoisotopic (exact) mass is 261 g/mol. The summed E-state index contributed by atoms with van der Waals surface area (Å²) in [4.78, 5) is 14.9. The van der Waals surface area contributed by atoms with Crippen molar-refractivity contribution in [2.24, 2.45) is 0 Å². The summed E-state index contributed by atoms with van der Waals surface area (Å²) in [5.74, 6) is 0.298. The fourth-order valence-electron chi connectivity index (χ4n) is 3.77. The maximum absolute atomic E-state index is 11.9. The van der Waals surface area contributed by atoms with Gasteiger partial charge >= 0.3 is 0 Å². The van der Waals surface area contributed by atoms with Gasteiger partial charge in [-0.3, -0.25) is 4.79 Å². The van der Waals surface area contributed by atoms with E-state index in [-0.39, 0.29) is 5.41 Å². The number of hydrogen-bond donors (Lipinski definition) is 1. The molecule has 1 aliphatic heterocycles. The van der Waals surface area contributed by atoms with Crippen LogP contribution in [0, 0.1) is 0 Å². The van der Waals surface area contributed by atoms with Gasteiger partial charge in [0.2, 0.25) is 5.91 Å². The Morgan fingerprint density at radius 3 is 2.94 bits per heavy atom. The van der Waals surface area contributed by atoms with Crippen LogP contribution in [-0.4, -0.2) is 23.9 Å². The average molecular weight is 261 g/mol. The summed E-state index contributed by atoms with van der Waals surface area (Å²) < 4.78 is 0. The van der Waals surface area contributed by atoms with Crippen LogP contribution in [-0.2, 0) is 16.6 Å². The second kappa shape index (κ2) is 4.02. The van der Waals surface area contributed by atoms with Crippen LogP contribution in [0.15, 0.2) is 23.1 Å². The summed E-state index contributed by atoms with van der Waals surface area (Å²) in [6, 6.07) is 6.84. The van der Waals surface area contributed by atoms with Crippen molar-refractivity contribution in [1.82, 2.24) is 4.90 Å². The molecule has 0 spiro atoms. The zero-order valence-corrected chi connectivity index (χ0v) is 11.8. The second-order valence-corrected chi connectivity index (χ2v) is 6.33. The summed E-state index contributed by atoms with van der Waals surface area (Å²) in [6.07, 6.45) is 3.77. The van der Waals surface area contributed by atoms with Crippen molar-refractivity contribution in [1.29, 1.82) is 0 Å². The SMILES string of the molecule is CN1C(=O)CC[C@]2(C)c3ccc(S)cc3CC[C@@H]12. The number of carbonyl (C=O) groups excluding carboxylic acids is 1. The van der Waals surface area contributed by atoms with Gasteiger partial charge in [0.25, 0.3) is 0 Å². The lowest BCUT2D eigenvalue weighted by Gasteiger charge is -2.50. The minimum Gasteiger partial charge on any atom is -0.342 e. The van der Waals surface area contributed by atoms with Gasteiger partial charge in [-0.1, -0.05) is 13.0 Å². The molecule has 96 valence electrons. The lowest BCUT2D eigenvalue weighted by molar-refractivity contribution is -0.138. The fourth-order valence-corrected chi connectivity index (χ4v) is 4.00. The standard InChI is InChI=1S/C15H19NOS/c1-15-8-7-14(17)16(2)13(15)6-3-10-9-11(18)4-5-12(10)15/h4-5,9,13,18H,3,6-8H2,1-2H3/t13-,15-/m1/s1. The Balaban J connectivity index is 2.09. The summed E-state index contributed by atoms with van der Waals surface area (Å²) in [5.41, 5.74) is 2.97. The molecule has 0 bridgehead atoms. The molecule has 2 aliphatic rings. The molecule has 2 nitrogen and oxygen atoms in total. The number of nitrogens with zero attached hydrogens (tertiary/aromatic N) is 1. The molecule has 1 aliphatic carbocycles. The van der Waals surface area contributed by atoms with Gasteiger partial charge in [-0.25, -0.2) is 0 Å². The Morgan fingerprint density at radius 2 is 2.17 bits per heavy atom. The third-order valence-electron chi connectivity index (χ3n) is 4.85. The molecular formula is C15H19NOS. The van der Waals surface area contributed by atoms with Crippen molar-refractivity contribution < 1.29 is 4.79 Å². The first-order valence-electron chi connectivity index (χ1n) is 6.60. The smallest absolute Gasteiger partial charge is 0.222 e. The number of amides is 1. The van der Waals surface area contributed by atoms with Crippen molar-refractivity contribution in [3.63, 3.8) is 0 Å². The number of likely N-dealkylation sites (N-methyl/N-ethyl adjacent to an activating group) is 1. The molecule has 0 radical (unpaired) electrons. The largest absolute Gasteiger partial charge is 0.342 e. The van der Waals surface area contributed by atoms with Crippen molar-refractivity contribution >= 4 is 18.5 Å². The first kappa shape index (κ1) is 12.1. The summed E-state index contributed by atoms with van der Waals surface area (Å²) >= 11 is 4.43. The van der Waals surface area contributed by atoms with Crippen LogP contribution in [0.25, 0.3) is 0 Å². The van der Waals surface area contributed by atoms with E-state index in [0.717, 1.165) is 24.2 Å². The number of piperidine rings is 1. The third kappa shape index (κ3) is 1.60. The van der Waals surface area contributed by atoms with Crippen molar-refractivity contribution in [3.8, 4) is 0 Å². The van der Waals surface area contributed by atoms with Crippen LogP contribution in [0.3, 0.4) is 0 Å². The molecule has 2 atom stereocenters. The molecule has 1 aromatic carbocycles. The van der Waals surface area contributed by atoms with Crippen molar-refractivity contribution in [2.45, 2.75) is 49.0 Å². The van der Waals surface area contributed by atoms with Gasteiger partial charge < -0.3 is 4.90 Å². The Bertz CT molecular complexity index is 513. The minimum atomic E-state index is 0.123. The maximum Gasteiger partial charge on any atom is 0.222 e. The van der Waals surface area contributed by atoms with E-state index in [2.05, 4.69) is 37.8 Å². The van der Waals surface area contributed by atoms with E-state index in [0.29, 0.717) is 18.4 Å². The third-order valence-corrected chi connectivity index (χ3v) is 5.12.